The van der Waals surface area contributed by atoms with Crippen LogP contribution in [-0.2, 0) is 20.4 Å². The number of benzene rings is 2. The van der Waals surface area contributed by atoms with E-state index in [1.165, 1.54) is 15.6 Å². The van der Waals surface area contributed by atoms with Crippen molar-refractivity contribution in [2.24, 2.45) is 5.92 Å². The molecule has 1 aliphatic heterocycles. The van der Waals surface area contributed by atoms with Crippen molar-refractivity contribution in [3.63, 3.8) is 0 Å². The van der Waals surface area contributed by atoms with Crippen LogP contribution >= 0.6 is 34.3 Å². The number of carbonyl (C=O) groups excluding carboxylic acids is 2. The van der Waals surface area contributed by atoms with Gasteiger partial charge in [0.2, 0.25) is 5.91 Å². The number of fused-ring (bicyclic) bond motifs is 3. The zero-order valence-corrected chi connectivity index (χ0v) is 32.3. The number of hydrogen-bond donors (Lipinski definition) is 2. The summed E-state index contributed by atoms with van der Waals surface area (Å²) in [6.07, 6.45) is 10.7. The third kappa shape index (κ3) is 6.86. The fraction of sp³-hybridized carbons (Fsp3) is 0.385. The molecule has 14 heteroatoms. The summed E-state index contributed by atoms with van der Waals surface area (Å²) in [6, 6.07) is 17.2. The Kier molecular flexibility index (Phi) is 9.36. The molecule has 0 spiro atoms. The molecule has 1 amide bonds. The van der Waals surface area contributed by atoms with E-state index in [0.717, 1.165) is 58.5 Å². The van der Waals surface area contributed by atoms with Crippen molar-refractivity contribution in [1.29, 1.82) is 0 Å². The van der Waals surface area contributed by atoms with Crippen LogP contribution in [0.2, 0.25) is 5.15 Å². The number of hydrogen-bond acceptors (Lipinski definition) is 12. The number of rotatable bonds is 9. The maximum absolute atomic E-state index is 12.9. The standard InChI is InChI=1S/C20H21ClN4OS.C19H19N5OS/c1-20(2,17-18(21)23-8-7-22-17)16(26)11-12-9-13(10-12)24-19-25-14-5-3-4-6-15(14)27-19;1-19(2)15-16(21-8-7-20-15)24(17(19)25)12-9-11(10-12)22-18-23-13-5-3-4-6-14(13)26-18/h3-8,12-13H,9-11H2,1-2H3,(H,24,25);3-8,11-12H,9-10H2,1-2H3,(H,22,23). The number of Topliss-reactive ketones (excluding diaryl/α,β-unsaturated/α-hetero) is 1. The first-order valence-electron chi connectivity index (χ1n) is 17.9. The second-order valence-electron chi connectivity index (χ2n) is 15.1. The minimum absolute atomic E-state index is 0.0992. The smallest absolute Gasteiger partial charge is 0.240 e. The number of thiazole rings is 2. The molecule has 11 nitrogen and oxygen atoms in total. The molecule has 53 heavy (non-hydrogen) atoms. The van der Waals surface area contributed by atoms with E-state index in [1.807, 2.05) is 69.0 Å². The molecule has 9 rings (SSSR count). The average Bonchev–Trinajstić information content (AvgIpc) is 3.78. The van der Waals surface area contributed by atoms with Crippen LogP contribution in [0.15, 0.2) is 73.3 Å². The third-order valence-corrected chi connectivity index (χ3v) is 12.8. The zero-order chi connectivity index (χ0) is 36.9. The van der Waals surface area contributed by atoms with Crippen LogP contribution in [0.5, 0.6) is 0 Å². The molecule has 2 aromatic carbocycles. The van der Waals surface area contributed by atoms with Gasteiger partial charge in [0.05, 0.1) is 42.7 Å². The normalized spacial score (nSPS) is 21.7. The van der Waals surface area contributed by atoms with Crippen molar-refractivity contribution in [2.75, 3.05) is 15.5 Å². The van der Waals surface area contributed by atoms with Crippen LogP contribution in [0.3, 0.4) is 0 Å². The molecule has 272 valence electrons. The van der Waals surface area contributed by atoms with E-state index in [2.05, 4.69) is 52.7 Å². The highest BCUT2D eigenvalue weighted by molar-refractivity contribution is 7.22. The Morgan fingerprint density at radius 3 is 1.98 bits per heavy atom. The number of para-hydroxylation sites is 2. The van der Waals surface area contributed by atoms with Gasteiger partial charge in [-0.05, 0) is 83.6 Å². The molecular formula is C39H40ClN9O2S2. The van der Waals surface area contributed by atoms with Crippen molar-refractivity contribution < 1.29 is 9.59 Å². The van der Waals surface area contributed by atoms with Crippen LogP contribution in [0.1, 0.15) is 71.2 Å². The van der Waals surface area contributed by atoms with E-state index in [0.29, 0.717) is 35.3 Å². The van der Waals surface area contributed by atoms with E-state index >= 15 is 0 Å². The van der Waals surface area contributed by atoms with E-state index in [-0.39, 0.29) is 17.7 Å². The minimum atomic E-state index is -0.725. The summed E-state index contributed by atoms with van der Waals surface area (Å²) in [7, 11) is 0. The first-order chi connectivity index (χ1) is 25.5. The molecule has 0 radical (unpaired) electrons. The molecule has 0 saturated heterocycles. The van der Waals surface area contributed by atoms with Crippen molar-refractivity contribution in [1.82, 2.24) is 29.9 Å². The summed E-state index contributed by atoms with van der Waals surface area (Å²) >= 11 is 9.49. The van der Waals surface area contributed by atoms with Gasteiger partial charge in [-0.3, -0.25) is 24.5 Å². The second-order valence-corrected chi connectivity index (χ2v) is 17.5. The molecule has 2 fully saturated rings. The lowest BCUT2D eigenvalue weighted by atomic mass is 9.72. The number of carbonyl (C=O) groups is 2. The van der Waals surface area contributed by atoms with Crippen molar-refractivity contribution in [3.05, 3.63) is 89.9 Å². The number of amides is 1. The van der Waals surface area contributed by atoms with Crippen molar-refractivity contribution in [2.45, 2.75) is 88.8 Å². The number of halogens is 1. The predicted octanol–water partition coefficient (Wildman–Crippen LogP) is 8.22. The van der Waals surface area contributed by atoms with Crippen LogP contribution in [-0.4, -0.2) is 59.7 Å². The lowest BCUT2D eigenvalue weighted by molar-refractivity contribution is -0.125. The fourth-order valence-electron chi connectivity index (χ4n) is 7.33. The number of aromatic nitrogens is 6. The highest BCUT2D eigenvalue weighted by Gasteiger charge is 2.51. The van der Waals surface area contributed by atoms with Gasteiger partial charge in [-0.2, -0.15) is 0 Å². The van der Waals surface area contributed by atoms with Crippen molar-refractivity contribution >= 4 is 82.5 Å². The van der Waals surface area contributed by atoms with Crippen LogP contribution in [0.4, 0.5) is 16.1 Å². The molecule has 0 unspecified atom stereocenters. The van der Waals surface area contributed by atoms with Gasteiger partial charge in [0, 0.05) is 49.3 Å². The molecule has 2 saturated carbocycles. The molecule has 0 atom stereocenters. The molecule has 3 aliphatic rings. The Balaban J connectivity index is 0.000000151. The molecule has 6 aromatic rings. The molecular weight excluding hydrogens is 726 g/mol. The SMILES string of the molecule is CC(C)(C(=O)CC1CC(Nc2nc3ccccc3s2)C1)c1nccnc1Cl.CC1(C)C(=O)N(C2CC(Nc3nc4ccccc4s3)C2)c2nccnc21. The zero-order valence-electron chi connectivity index (χ0n) is 29.9. The Bertz CT molecular complexity index is 2250. The molecule has 2 aliphatic carbocycles. The number of ketones is 1. The van der Waals surface area contributed by atoms with Gasteiger partial charge >= 0.3 is 0 Å². The van der Waals surface area contributed by atoms with E-state index in [1.54, 1.807) is 41.3 Å². The summed E-state index contributed by atoms with van der Waals surface area (Å²) in [5.74, 6) is 1.38. The van der Waals surface area contributed by atoms with Gasteiger partial charge in [-0.25, -0.2) is 19.9 Å². The topological polar surface area (TPSA) is 139 Å². The average molecular weight is 766 g/mol. The quantitative estimate of drug-likeness (QED) is 0.148. The third-order valence-electron chi connectivity index (χ3n) is 10.6. The number of anilines is 3. The van der Waals surface area contributed by atoms with E-state index in [9.17, 15) is 9.59 Å². The number of nitrogens with zero attached hydrogens (tertiary/aromatic N) is 7. The van der Waals surface area contributed by atoms with E-state index < -0.39 is 10.8 Å². The Morgan fingerprint density at radius 2 is 1.38 bits per heavy atom. The van der Waals surface area contributed by atoms with Gasteiger partial charge in [0.25, 0.3) is 0 Å². The van der Waals surface area contributed by atoms with Gasteiger partial charge in [0.15, 0.2) is 21.2 Å². The first-order valence-corrected chi connectivity index (χ1v) is 19.9. The number of nitrogens with one attached hydrogen (secondary N) is 2. The predicted molar refractivity (Wildman–Crippen MR) is 212 cm³/mol. The molecule has 2 N–H and O–H groups in total. The van der Waals surface area contributed by atoms with Crippen LogP contribution < -0.4 is 15.5 Å². The second kappa shape index (κ2) is 14.0. The summed E-state index contributed by atoms with van der Waals surface area (Å²) in [4.78, 5) is 54.1. The Hall–Kier alpha value is -4.59. The van der Waals surface area contributed by atoms with E-state index in [4.69, 9.17) is 11.6 Å². The van der Waals surface area contributed by atoms with Gasteiger partial charge < -0.3 is 10.6 Å². The van der Waals surface area contributed by atoms with Crippen LogP contribution in [0.25, 0.3) is 20.4 Å². The minimum Gasteiger partial charge on any atom is -0.359 e. The lowest BCUT2D eigenvalue weighted by Gasteiger charge is -2.41. The van der Waals surface area contributed by atoms with Gasteiger partial charge in [-0.1, -0.05) is 58.5 Å². The maximum atomic E-state index is 12.9. The highest BCUT2D eigenvalue weighted by atomic mass is 35.5. The Morgan fingerprint density at radius 1 is 0.830 bits per heavy atom. The summed E-state index contributed by atoms with van der Waals surface area (Å²) < 4.78 is 2.38. The van der Waals surface area contributed by atoms with Gasteiger partial charge in [0.1, 0.15) is 5.78 Å². The summed E-state index contributed by atoms with van der Waals surface area (Å²) in [6.45, 7) is 7.61. The van der Waals surface area contributed by atoms with Crippen molar-refractivity contribution in [3.8, 4) is 0 Å². The first kappa shape index (κ1) is 35.4. The lowest BCUT2D eigenvalue weighted by Crippen LogP contribution is -2.53. The Labute approximate surface area is 320 Å². The fourth-order valence-corrected chi connectivity index (χ4v) is 9.56. The molecule has 5 heterocycles. The molecule has 0 bridgehead atoms. The summed E-state index contributed by atoms with van der Waals surface area (Å²) in [5, 5.41) is 9.23. The monoisotopic (exact) mass is 765 g/mol. The van der Waals surface area contributed by atoms with Crippen LogP contribution in [0, 0.1) is 5.92 Å². The maximum Gasteiger partial charge on any atom is 0.240 e. The highest BCUT2D eigenvalue weighted by Crippen LogP contribution is 2.44. The summed E-state index contributed by atoms with van der Waals surface area (Å²) in [5.41, 5.74) is 2.06. The van der Waals surface area contributed by atoms with Gasteiger partial charge in [-0.15, -0.1) is 0 Å². The largest absolute Gasteiger partial charge is 0.359 e. The molecule has 4 aromatic heterocycles.